The van der Waals surface area contributed by atoms with Crippen molar-refractivity contribution in [3.63, 3.8) is 0 Å². The minimum Gasteiger partial charge on any atom is -0.423 e. The average molecular weight is 399 g/mol. The van der Waals surface area contributed by atoms with Crippen molar-refractivity contribution >= 4 is 39.7 Å². The van der Waals surface area contributed by atoms with Crippen molar-refractivity contribution in [3.05, 3.63) is 78.4 Å². The van der Waals surface area contributed by atoms with E-state index in [9.17, 15) is 14.4 Å². The molecular formula is C21H18O4S2. The normalized spacial score (nSPS) is 10.1. The number of hydrogen-bond acceptors (Lipinski definition) is 6. The summed E-state index contributed by atoms with van der Waals surface area (Å²) < 4.78 is 5.44. The van der Waals surface area contributed by atoms with Gasteiger partial charge in [0.1, 0.15) is 5.75 Å². The van der Waals surface area contributed by atoms with Gasteiger partial charge in [-0.15, -0.1) is 0 Å². The van der Waals surface area contributed by atoms with Crippen LogP contribution in [0.3, 0.4) is 0 Å². The van der Waals surface area contributed by atoms with Crippen LogP contribution in [0.1, 0.15) is 22.8 Å². The number of aryl methyl sites for hydroxylation is 1. The summed E-state index contributed by atoms with van der Waals surface area (Å²) in [4.78, 5) is 36.9. The fraction of sp³-hybridized carbons (Fsp3) is 0.0952. The fourth-order valence-electron chi connectivity index (χ4n) is 1.97. The molecule has 27 heavy (non-hydrogen) atoms. The molecule has 0 heterocycles. The molecule has 0 bridgehead atoms. The molecule has 0 aliphatic rings. The Balaban J connectivity index is 2.06. The van der Waals surface area contributed by atoms with E-state index >= 15 is 0 Å². The number of hydrogen-bond donors (Lipinski definition) is 0. The molecule has 0 unspecified atom stereocenters. The fourth-order valence-corrected chi connectivity index (χ4v) is 3.32. The van der Waals surface area contributed by atoms with Gasteiger partial charge in [-0.05, 0) is 97.0 Å². The van der Waals surface area contributed by atoms with Gasteiger partial charge in [0.05, 0.1) is 5.56 Å². The molecule has 6 heteroatoms. The molecule has 138 valence electrons. The molecule has 0 N–H and O–H groups in total. The lowest BCUT2D eigenvalue weighted by Crippen LogP contribution is -2.09. The summed E-state index contributed by atoms with van der Waals surface area (Å²) in [6, 6.07) is 11.7. The third-order valence-electron chi connectivity index (χ3n) is 3.38. The predicted molar refractivity (Wildman–Crippen MR) is 109 cm³/mol. The van der Waals surface area contributed by atoms with Gasteiger partial charge < -0.3 is 4.74 Å². The Kier molecular flexibility index (Phi) is 7.21. The van der Waals surface area contributed by atoms with Gasteiger partial charge in [-0.1, -0.05) is 13.2 Å². The van der Waals surface area contributed by atoms with E-state index in [1.807, 2.05) is 0 Å². The summed E-state index contributed by atoms with van der Waals surface area (Å²) in [5.74, 6) is -0.0736. The van der Waals surface area contributed by atoms with Crippen LogP contribution in [0.2, 0.25) is 0 Å². The Bertz CT molecular complexity index is 914. The molecule has 2 aromatic rings. The van der Waals surface area contributed by atoms with Crippen LogP contribution < -0.4 is 4.74 Å². The monoisotopic (exact) mass is 398 g/mol. The lowest BCUT2D eigenvalue weighted by molar-refractivity contribution is -0.108. The molecule has 0 aliphatic heterocycles. The number of ether oxygens (including phenoxy) is 1. The van der Waals surface area contributed by atoms with E-state index in [4.69, 9.17) is 4.74 Å². The second kappa shape index (κ2) is 9.39. The highest BCUT2D eigenvalue weighted by molar-refractivity contribution is 8.14. The highest BCUT2D eigenvalue weighted by Crippen LogP contribution is 2.28. The highest BCUT2D eigenvalue weighted by Gasteiger charge is 2.13. The van der Waals surface area contributed by atoms with Gasteiger partial charge in [0.25, 0.3) is 0 Å². The van der Waals surface area contributed by atoms with E-state index in [1.54, 1.807) is 56.3 Å². The Labute approximate surface area is 166 Å². The molecule has 2 aromatic carbocycles. The number of carbonyl (C=O) groups excluding carboxylic acids is 3. The molecule has 0 amide bonds. The van der Waals surface area contributed by atoms with Gasteiger partial charge >= 0.3 is 5.97 Å². The maximum Gasteiger partial charge on any atom is 0.343 e. The van der Waals surface area contributed by atoms with E-state index in [2.05, 4.69) is 13.2 Å². The Morgan fingerprint density at radius 1 is 1.00 bits per heavy atom. The topological polar surface area (TPSA) is 60.4 Å². The van der Waals surface area contributed by atoms with Crippen LogP contribution in [-0.4, -0.2) is 16.2 Å². The molecule has 2 rings (SSSR count). The van der Waals surface area contributed by atoms with Gasteiger partial charge in [0.15, 0.2) is 0 Å². The average Bonchev–Trinajstić information content (AvgIpc) is 2.64. The minimum absolute atomic E-state index is 0.105. The second-order valence-electron chi connectivity index (χ2n) is 5.64. The quantitative estimate of drug-likeness (QED) is 0.288. The number of carbonyl (C=O) groups is 3. The third-order valence-corrected chi connectivity index (χ3v) is 5.28. The van der Waals surface area contributed by atoms with Crippen molar-refractivity contribution in [2.45, 2.75) is 23.6 Å². The van der Waals surface area contributed by atoms with E-state index in [0.717, 1.165) is 38.9 Å². The van der Waals surface area contributed by atoms with Crippen LogP contribution in [0.5, 0.6) is 5.75 Å². The summed E-state index contributed by atoms with van der Waals surface area (Å²) in [7, 11) is 0. The van der Waals surface area contributed by atoms with Crippen LogP contribution in [-0.2, 0) is 9.59 Å². The first kappa shape index (κ1) is 20.7. The van der Waals surface area contributed by atoms with Crippen molar-refractivity contribution < 1.29 is 19.1 Å². The molecule has 0 fully saturated rings. The van der Waals surface area contributed by atoms with Crippen molar-refractivity contribution in [1.82, 2.24) is 0 Å². The zero-order valence-corrected chi connectivity index (χ0v) is 16.6. The van der Waals surface area contributed by atoms with Crippen molar-refractivity contribution in [2.24, 2.45) is 0 Å². The van der Waals surface area contributed by atoms with E-state index in [-0.39, 0.29) is 10.2 Å². The van der Waals surface area contributed by atoms with Crippen LogP contribution in [0.25, 0.3) is 0 Å². The van der Waals surface area contributed by atoms with Crippen LogP contribution in [0.15, 0.2) is 77.1 Å². The Hall–Kier alpha value is -2.57. The third kappa shape index (κ3) is 5.98. The van der Waals surface area contributed by atoms with Gasteiger partial charge in [-0.25, -0.2) is 4.79 Å². The molecule has 0 spiro atoms. The Morgan fingerprint density at radius 2 is 1.63 bits per heavy atom. The summed E-state index contributed by atoms with van der Waals surface area (Å²) in [5.41, 5.74) is 1.59. The molecule has 0 aromatic heterocycles. The maximum atomic E-state index is 12.3. The smallest absolute Gasteiger partial charge is 0.343 e. The number of rotatable bonds is 6. The van der Waals surface area contributed by atoms with Gasteiger partial charge in [0.2, 0.25) is 10.2 Å². The Morgan fingerprint density at radius 3 is 2.19 bits per heavy atom. The second-order valence-corrected chi connectivity index (χ2v) is 7.76. The maximum absolute atomic E-state index is 12.3. The number of esters is 1. The number of benzene rings is 2. The minimum atomic E-state index is -0.497. The SMILES string of the molecule is C=CC(=O)Sc1ccc(C(=O)Oc2ccc(SC(=O)C(=C)C)cc2C)cc1. The highest BCUT2D eigenvalue weighted by atomic mass is 32.2. The predicted octanol–water partition coefficient (Wildman–Crippen LogP) is 5.21. The summed E-state index contributed by atoms with van der Waals surface area (Å²) in [5, 5.41) is -0.268. The van der Waals surface area contributed by atoms with Gasteiger partial charge in [-0.2, -0.15) is 0 Å². The van der Waals surface area contributed by atoms with E-state index in [0.29, 0.717) is 16.9 Å². The molecule has 0 saturated heterocycles. The summed E-state index contributed by atoms with van der Waals surface area (Å²) in [6.45, 7) is 10.5. The van der Waals surface area contributed by atoms with Crippen molar-refractivity contribution in [1.29, 1.82) is 0 Å². The van der Waals surface area contributed by atoms with Crippen LogP contribution in [0, 0.1) is 6.92 Å². The standard InChI is InChI=1S/C21H18O4S2/c1-5-19(22)26-16-8-6-15(7-9-16)20(23)25-18-11-10-17(12-14(18)4)27-21(24)13(2)3/h5-12H,1-2H2,3-4H3. The van der Waals surface area contributed by atoms with Crippen LogP contribution in [0.4, 0.5) is 0 Å². The summed E-state index contributed by atoms with van der Waals surface area (Å²) in [6.07, 6.45) is 1.24. The molecule has 0 atom stereocenters. The van der Waals surface area contributed by atoms with Crippen LogP contribution >= 0.6 is 23.5 Å². The first-order chi connectivity index (χ1) is 12.8. The van der Waals surface area contributed by atoms with Crippen molar-refractivity contribution in [2.75, 3.05) is 0 Å². The summed E-state index contributed by atoms with van der Waals surface area (Å²) >= 11 is 2.12. The van der Waals surface area contributed by atoms with Gasteiger partial charge in [0, 0.05) is 9.79 Å². The van der Waals surface area contributed by atoms with Crippen molar-refractivity contribution in [3.8, 4) is 5.75 Å². The van der Waals surface area contributed by atoms with Gasteiger partial charge in [-0.3, -0.25) is 9.59 Å². The molecule has 0 radical (unpaired) electrons. The lowest BCUT2D eigenvalue weighted by atomic mass is 10.2. The molecule has 0 saturated carbocycles. The molecular weight excluding hydrogens is 380 g/mol. The largest absolute Gasteiger partial charge is 0.423 e. The van der Waals surface area contributed by atoms with E-state index in [1.165, 1.54) is 6.08 Å². The lowest BCUT2D eigenvalue weighted by Gasteiger charge is -2.09. The number of thioether (sulfide) groups is 2. The first-order valence-electron chi connectivity index (χ1n) is 7.95. The molecule has 4 nitrogen and oxygen atoms in total. The molecule has 0 aliphatic carbocycles. The van der Waals surface area contributed by atoms with E-state index < -0.39 is 5.97 Å². The first-order valence-corrected chi connectivity index (χ1v) is 9.58. The zero-order valence-electron chi connectivity index (χ0n) is 15.0. The zero-order chi connectivity index (χ0) is 20.0.